The van der Waals surface area contributed by atoms with E-state index >= 15 is 0 Å². The maximum atomic E-state index is 11.7. The van der Waals surface area contributed by atoms with Crippen LogP contribution < -0.4 is 9.46 Å². The molecule has 18 heavy (non-hydrogen) atoms. The van der Waals surface area contributed by atoms with E-state index in [1.807, 2.05) is 38.1 Å². The first-order chi connectivity index (χ1) is 8.36. The zero-order chi connectivity index (χ0) is 13.8. The summed E-state index contributed by atoms with van der Waals surface area (Å²) < 4.78 is 31.5. The summed E-state index contributed by atoms with van der Waals surface area (Å²) in [5.74, 6) is 0.792. The number of hydrogen-bond donors (Lipinski definition) is 1. The van der Waals surface area contributed by atoms with Gasteiger partial charge in [-0.3, -0.25) is 0 Å². The van der Waals surface area contributed by atoms with Crippen molar-refractivity contribution in [2.75, 3.05) is 6.61 Å². The normalized spacial score (nSPS) is 13.6. The fourth-order valence-corrected chi connectivity index (χ4v) is 2.37. The molecule has 0 fully saturated rings. The first-order valence-electron chi connectivity index (χ1n) is 6.10. The molecule has 1 N–H and O–H groups in total. The first-order valence-corrected chi connectivity index (χ1v) is 7.65. The molecule has 0 amide bonds. The van der Waals surface area contributed by atoms with Gasteiger partial charge in [0.1, 0.15) is 5.75 Å². The molecular weight excluding hydrogens is 250 g/mol. The van der Waals surface area contributed by atoms with Crippen LogP contribution in [-0.4, -0.2) is 20.3 Å². The Kier molecular flexibility index (Phi) is 5.16. The molecule has 1 unspecified atom stereocenters. The van der Waals surface area contributed by atoms with Crippen molar-refractivity contribution < 1.29 is 13.2 Å². The van der Waals surface area contributed by atoms with Gasteiger partial charge in [0, 0.05) is 6.04 Å². The largest absolute Gasteiger partial charge is 0.494 e. The van der Waals surface area contributed by atoms with E-state index in [1.54, 1.807) is 13.8 Å². The fraction of sp³-hybridized carbons (Fsp3) is 0.538. The molecule has 1 aromatic carbocycles. The van der Waals surface area contributed by atoms with Gasteiger partial charge in [0.2, 0.25) is 10.0 Å². The molecule has 0 saturated carbocycles. The second-order valence-corrected chi connectivity index (χ2v) is 6.70. The Hall–Kier alpha value is -1.07. The van der Waals surface area contributed by atoms with Gasteiger partial charge in [-0.15, -0.1) is 0 Å². The van der Waals surface area contributed by atoms with Crippen molar-refractivity contribution in [1.82, 2.24) is 4.72 Å². The molecule has 1 rings (SSSR count). The van der Waals surface area contributed by atoms with Crippen LogP contribution in [0.1, 0.15) is 39.3 Å². The third-order valence-corrected chi connectivity index (χ3v) is 4.58. The van der Waals surface area contributed by atoms with Gasteiger partial charge in [-0.25, -0.2) is 13.1 Å². The molecule has 1 aromatic rings. The van der Waals surface area contributed by atoms with E-state index in [0.717, 1.165) is 11.3 Å². The summed E-state index contributed by atoms with van der Waals surface area (Å²) >= 11 is 0. The highest BCUT2D eigenvalue weighted by atomic mass is 32.2. The van der Waals surface area contributed by atoms with Gasteiger partial charge >= 0.3 is 0 Å². The lowest BCUT2D eigenvalue weighted by atomic mass is 10.1. The minimum atomic E-state index is -3.25. The maximum Gasteiger partial charge on any atom is 0.214 e. The molecule has 0 aliphatic carbocycles. The summed E-state index contributed by atoms with van der Waals surface area (Å²) in [5.41, 5.74) is 0.919. The average molecular weight is 271 g/mol. The molecule has 0 spiro atoms. The molecule has 0 heterocycles. The summed E-state index contributed by atoms with van der Waals surface area (Å²) in [5, 5.41) is -0.428. The Morgan fingerprint density at radius 1 is 1.17 bits per heavy atom. The van der Waals surface area contributed by atoms with E-state index in [0.29, 0.717) is 6.61 Å². The minimum Gasteiger partial charge on any atom is -0.494 e. The van der Waals surface area contributed by atoms with Gasteiger partial charge in [0.05, 0.1) is 11.9 Å². The van der Waals surface area contributed by atoms with E-state index < -0.39 is 15.3 Å². The van der Waals surface area contributed by atoms with Crippen LogP contribution in [0.15, 0.2) is 24.3 Å². The van der Waals surface area contributed by atoms with Gasteiger partial charge in [-0.2, -0.15) is 0 Å². The van der Waals surface area contributed by atoms with E-state index in [2.05, 4.69) is 4.72 Å². The van der Waals surface area contributed by atoms with Crippen molar-refractivity contribution in [2.24, 2.45) is 0 Å². The number of rotatable bonds is 6. The van der Waals surface area contributed by atoms with E-state index in [1.165, 1.54) is 0 Å². The summed E-state index contributed by atoms with van der Waals surface area (Å²) in [6.07, 6.45) is 0. The summed E-state index contributed by atoms with van der Waals surface area (Å²) in [7, 11) is -3.25. The molecule has 0 aliphatic rings. The van der Waals surface area contributed by atoms with Crippen LogP contribution in [0.3, 0.4) is 0 Å². The van der Waals surface area contributed by atoms with E-state index in [4.69, 9.17) is 4.74 Å². The molecule has 1 atom stereocenters. The van der Waals surface area contributed by atoms with Crippen LogP contribution in [-0.2, 0) is 10.0 Å². The van der Waals surface area contributed by atoms with Crippen molar-refractivity contribution in [3.63, 3.8) is 0 Å². The molecular formula is C13H21NO3S. The smallest absolute Gasteiger partial charge is 0.214 e. The predicted octanol–water partition coefficient (Wildman–Crippen LogP) is 2.47. The van der Waals surface area contributed by atoms with Crippen LogP contribution in [0.4, 0.5) is 0 Å². The van der Waals surface area contributed by atoms with Gasteiger partial charge < -0.3 is 4.74 Å². The monoisotopic (exact) mass is 271 g/mol. The summed E-state index contributed by atoms with van der Waals surface area (Å²) in [6, 6.07) is 7.20. The maximum absolute atomic E-state index is 11.7. The molecule has 0 aliphatic heterocycles. The number of nitrogens with one attached hydrogen (secondary N) is 1. The quantitative estimate of drug-likeness (QED) is 0.864. The zero-order valence-electron chi connectivity index (χ0n) is 11.3. The fourth-order valence-electron chi connectivity index (χ4n) is 1.47. The SMILES string of the molecule is CCOc1ccc(C(C)NS(=O)(=O)C(C)C)cc1. The Balaban J connectivity index is 2.76. The van der Waals surface area contributed by atoms with Crippen LogP contribution in [0.25, 0.3) is 0 Å². The summed E-state index contributed by atoms with van der Waals surface area (Å²) in [4.78, 5) is 0. The molecule has 0 radical (unpaired) electrons. The van der Waals surface area contributed by atoms with Crippen molar-refractivity contribution in [1.29, 1.82) is 0 Å². The Morgan fingerprint density at radius 3 is 2.17 bits per heavy atom. The zero-order valence-corrected chi connectivity index (χ0v) is 12.1. The van der Waals surface area contributed by atoms with Crippen molar-refractivity contribution >= 4 is 10.0 Å². The minimum absolute atomic E-state index is 0.243. The van der Waals surface area contributed by atoms with Gasteiger partial charge in [0.25, 0.3) is 0 Å². The second-order valence-electron chi connectivity index (χ2n) is 4.44. The average Bonchev–Trinajstić information content (AvgIpc) is 2.29. The standard InChI is InChI=1S/C13H21NO3S/c1-5-17-13-8-6-12(7-9-13)11(4)14-18(15,16)10(2)3/h6-11,14H,5H2,1-4H3. The van der Waals surface area contributed by atoms with Gasteiger partial charge in [-0.1, -0.05) is 12.1 Å². The molecule has 5 heteroatoms. The molecule has 0 saturated heterocycles. The van der Waals surface area contributed by atoms with Crippen LogP contribution >= 0.6 is 0 Å². The van der Waals surface area contributed by atoms with Crippen LogP contribution in [0.2, 0.25) is 0 Å². The lowest BCUT2D eigenvalue weighted by Gasteiger charge is -2.17. The molecule has 0 bridgehead atoms. The first kappa shape index (κ1) is 15.0. The highest BCUT2D eigenvalue weighted by molar-refractivity contribution is 7.90. The third kappa shape index (κ3) is 3.99. The van der Waals surface area contributed by atoms with Crippen molar-refractivity contribution in [3.05, 3.63) is 29.8 Å². The summed E-state index contributed by atoms with van der Waals surface area (Å²) in [6.45, 7) is 7.69. The molecule has 4 nitrogen and oxygen atoms in total. The van der Waals surface area contributed by atoms with Crippen molar-refractivity contribution in [2.45, 2.75) is 39.0 Å². The Labute approximate surface area is 109 Å². The third-order valence-electron chi connectivity index (χ3n) is 2.65. The Bertz CT molecular complexity index is 466. The van der Waals surface area contributed by atoms with Gasteiger partial charge in [-0.05, 0) is 45.4 Å². The number of benzene rings is 1. The van der Waals surface area contributed by atoms with Crippen LogP contribution in [0.5, 0.6) is 5.75 Å². The highest BCUT2D eigenvalue weighted by Gasteiger charge is 2.19. The lowest BCUT2D eigenvalue weighted by Crippen LogP contribution is -2.32. The van der Waals surface area contributed by atoms with Gasteiger partial charge in [0.15, 0.2) is 0 Å². The van der Waals surface area contributed by atoms with E-state index in [-0.39, 0.29) is 6.04 Å². The predicted molar refractivity (Wildman–Crippen MR) is 73.2 cm³/mol. The number of ether oxygens (including phenoxy) is 1. The number of sulfonamides is 1. The second kappa shape index (κ2) is 6.20. The van der Waals surface area contributed by atoms with Crippen molar-refractivity contribution in [3.8, 4) is 5.75 Å². The lowest BCUT2D eigenvalue weighted by molar-refractivity contribution is 0.340. The molecule has 0 aromatic heterocycles. The Morgan fingerprint density at radius 2 is 1.72 bits per heavy atom. The van der Waals surface area contributed by atoms with E-state index in [9.17, 15) is 8.42 Å². The van der Waals surface area contributed by atoms with Crippen LogP contribution in [0, 0.1) is 0 Å². The topological polar surface area (TPSA) is 55.4 Å². The highest BCUT2D eigenvalue weighted by Crippen LogP contribution is 2.18. The molecule has 102 valence electrons. The number of hydrogen-bond acceptors (Lipinski definition) is 3.